The molecule has 4 heterocycles. The van der Waals surface area contributed by atoms with Gasteiger partial charge in [0, 0.05) is 24.0 Å². The topological polar surface area (TPSA) is 89.6 Å². The van der Waals surface area contributed by atoms with Gasteiger partial charge < -0.3 is 15.8 Å². The molecule has 5 rings (SSSR count). The lowest BCUT2D eigenvalue weighted by Crippen LogP contribution is -2.44. The molecule has 0 radical (unpaired) electrons. The Bertz CT molecular complexity index is 1030. The van der Waals surface area contributed by atoms with Crippen molar-refractivity contribution in [2.45, 2.75) is 49.4 Å². The van der Waals surface area contributed by atoms with Crippen molar-refractivity contribution in [1.29, 1.82) is 0 Å². The zero-order valence-corrected chi connectivity index (χ0v) is 17.5. The summed E-state index contributed by atoms with van der Waals surface area (Å²) in [4.78, 5) is 21.5. The van der Waals surface area contributed by atoms with Crippen molar-refractivity contribution >= 4 is 22.7 Å². The van der Waals surface area contributed by atoms with Crippen molar-refractivity contribution in [3.63, 3.8) is 0 Å². The van der Waals surface area contributed by atoms with E-state index in [0.717, 1.165) is 49.6 Å². The molecule has 2 fully saturated rings. The fourth-order valence-corrected chi connectivity index (χ4v) is 5.96. The van der Waals surface area contributed by atoms with Crippen molar-refractivity contribution in [3.05, 3.63) is 59.3 Å². The number of carbonyl (C=O) groups excluding carboxylic acids is 1. The summed E-state index contributed by atoms with van der Waals surface area (Å²) in [6, 6.07) is 7.85. The molecule has 1 amide bonds. The van der Waals surface area contributed by atoms with E-state index in [1.54, 1.807) is 18.3 Å². The number of carbonyl (C=O) groups is 1. The quantitative estimate of drug-likeness (QED) is 0.740. The fraction of sp³-hybridized carbons (Fsp3) is 0.409. The molecule has 9 heteroatoms. The smallest absolute Gasteiger partial charge is 0.251 e. The third-order valence-corrected chi connectivity index (χ3v) is 7.35. The number of hydrogen-bond acceptors (Lipinski definition) is 6. The molecule has 0 aliphatic carbocycles. The lowest BCUT2D eigenvalue weighted by atomic mass is 9.92. The van der Waals surface area contributed by atoms with E-state index in [-0.39, 0.29) is 22.5 Å². The number of thioether (sulfide) groups is 1. The lowest BCUT2D eigenvalue weighted by molar-refractivity contribution is -0.122. The summed E-state index contributed by atoms with van der Waals surface area (Å²) >= 11 is 1.10. The molecule has 3 aliphatic rings. The number of aliphatic imine (C=N–C) groups is 1. The van der Waals surface area contributed by atoms with Crippen LogP contribution in [0.4, 0.5) is 8.78 Å². The molecule has 31 heavy (non-hydrogen) atoms. The van der Waals surface area contributed by atoms with Crippen LogP contribution in [-0.4, -0.2) is 39.9 Å². The summed E-state index contributed by atoms with van der Waals surface area (Å²) in [5.74, 6) is -1.77. The van der Waals surface area contributed by atoms with Gasteiger partial charge in [-0.15, -0.1) is 11.8 Å². The largest absolute Gasteiger partial charge is 0.474 e. The number of aromatic nitrogens is 1. The number of benzene rings is 1. The molecular weight excluding hydrogens is 422 g/mol. The first kappa shape index (κ1) is 20.4. The molecule has 1 aromatic carbocycles. The molecule has 3 unspecified atom stereocenters. The summed E-state index contributed by atoms with van der Waals surface area (Å²) in [7, 11) is 0. The van der Waals surface area contributed by atoms with Crippen LogP contribution in [0.1, 0.15) is 36.8 Å². The molecule has 2 bridgehead atoms. The van der Waals surface area contributed by atoms with Gasteiger partial charge in [-0.3, -0.25) is 9.79 Å². The third-order valence-electron chi connectivity index (χ3n) is 6.22. The maximum Gasteiger partial charge on any atom is 0.251 e. The Labute approximate surface area is 182 Å². The highest BCUT2D eigenvalue weighted by molar-refractivity contribution is 8.14. The number of piperidine rings is 1. The minimum Gasteiger partial charge on any atom is -0.474 e. The van der Waals surface area contributed by atoms with Gasteiger partial charge >= 0.3 is 0 Å². The second-order valence-corrected chi connectivity index (χ2v) is 9.20. The van der Waals surface area contributed by atoms with Crippen molar-refractivity contribution in [3.8, 4) is 5.88 Å². The molecule has 2 aromatic rings. The Hall–Kier alpha value is -2.52. The van der Waals surface area contributed by atoms with E-state index < -0.39 is 23.1 Å². The zero-order chi connectivity index (χ0) is 21.6. The zero-order valence-electron chi connectivity index (χ0n) is 16.7. The maximum absolute atomic E-state index is 14.3. The van der Waals surface area contributed by atoms with Gasteiger partial charge in [-0.2, -0.15) is 0 Å². The Morgan fingerprint density at radius 1 is 1.16 bits per heavy atom. The Morgan fingerprint density at radius 2 is 1.87 bits per heavy atom. The van der Waals surface area contributed by atoms with E-state index in [0.29, 0.717) is 23.5 Å². The van der Waals surface area contributed by atoms with Crippen molar-refractivity contribution < 1.29 is 18.3 Å². The van der Waals surface area contributed by atoms with Crippen LogP contribution in [0.15, 0.2) is 41.5 Å². The Balaban J connectivity index is 1.52. The van der Waals surface area contributed by atoms with Crippen LogP contribution < -0.4 is 15.8 Å². The van der Waals surface area contributed by atoms with Gasteiger partial charge in [0.15, 0.2) is 5.54 Å². The summed E-state index contributed by atoms with van der Waals surface area (Å²) in [6.45, 7) is 0. The fourth-order valence-electron chi connectivity index (χ4n) is 4.70. The minimum atomic E-state index is -1.51. The average molecular weight is 445 g/mol. The second-order valence-electron chi connectivity index (χ2n) is 8.23. The van der Waals surface area contributed by atoms with Gasteiger partial charge in [-0.05, 0) is 49.9 Å². The number of amides is 1. The third kappa shape index (κ3) is 3.59. The normalized spacial score (nSPS) is 29.6. The van der Waals surface area contributed by atoms with Crippen molar-refractivity contribution in [1.82, 2.24) is 10.3 Å². The van der Waals surface area contributed by atoms with Crippen LogP contribution in [-0.2, 0) is 10.3 Å². The second kappa shape index (κ2) is 7.87. The van der Waals surface area contributed by atoms with Crippen LogP contribution >= 0.6 is 11.8 Å². The molecule has 2 saturated heterocycles. The first-order valence-electron chi connectivity index (χ1n) is 10.3. The van der Waals surface area contributed by atoms with E-state index >= 15 is 0 Å². The molecule has 162 valence electrons. The van der Waals surface area contributed by atoms with Crippen molar-refractivity contribution in [2.75, 3.05) is 5.75 Å². The number of nitrogens with two attached hydrogens (primary N) is 1. The van der Waals surface area contributed by atoms with Gasteiger partial charge in [-0.1, -0.05) is 6.07 Å². The number of nitrogens with one attached hydrogen (secondary N) is 1. The SMILES string of the molecule is NC(=O)C1(c2cccnc2OC2CC3CCC(C2)N3)CSC(c2c(F)cccc2F)=N1. The first-order chi connectivity index (χ1) is 15.0. The molecule has 6 nitrogen and oxygen atoms in total. The van der Waals surface area contributed by atoms with Gasteiger partial charge in [0.05, 0.1) is 11.1 Å². The van der Waals surface area contributed by atoms with Gasteiger partial charge in [0.25, 0.3) is 5.91 Å². The highest BCUT2D eigenvalue weighted by Crippen LogP contribution is 2.43. The average Bonchev–Trinajstić information content (AvgIpc) is 3.33. The molecular formula is C22H22F2N4O2S. The summed E-state index contributed by atoms with van der Waals surface area (Å²) in [6.07, 6.45) is 5.54. The summed E-state index contributed by atoms with van der Waals surface area (Å²) in [5.41, 5.74) is 4.46. The number of fused-ring (bicyclic) bond motifs is 2. The molecule has 3 atom stereocenters. The maximum atomic E-state index is 14.3. The number of primary amides is 1. The van der Waals surface area contributed by atoms with Gasteiger partial charge in [0.2, 0.25) is 5.88 Å². The van der Waals surface area contributed by atoms with Crippen LogP contribution in [0.3, 0.4) is 0 Å². The number of halogens is 2. The predicted octanol–water partition coefficient (Wildman–Crippen LogP) is 2.90. The number of pyridine rings is 1. The summed E-state index contributed by atoms with van der Waals surface area (Å²) in [5, 5.41) is 3.67. The van der Waals surface area contributed by atoms with E-state index in [1.807, 2.05) is 0 Å². The Kier molecular flexibility index (Phi) is 5.18. The number of nitrogens with zero attached hydrogens (tertiary/aromatic N) is 2. The van der Waals surface area contributed by atoms with Gasteiger partial charge in [-0.25, -0.2) is 13.8 Å². The highest BCUT2D eigenvalue weighted by atomic mass is 32.2. The van der Waals surface area contributed by atoms with Crippen LogP contribution in [0.5, 0.6) is 5.88 Å². The van der Waals surface area contributed by atoms with Crippen molar-refractivity contribution in [2.24, 2.45) is 10.7 Å². The molecule has 3 aliphatic heterocycles. The number of rotatable bonds is 5. The molecule has 1 aromatic heterocycles. The minimum absolute atomic E-state index is 0.0288. The Morgan fingerprint density at radius 3 is 2.55 bits per heavy atom. The van der Waals surface area contributed by atoms with Crippen LogP contribution in [0.25, 0.3) is 0 Å². The van der Waals surface area contributed by atoms with Gasteiger partial charge in [0.1, 0.15) is 22.8 Å². The van der Waals surface area contributed by atoms with Crippen LogP contribution in [0.2, 0.25) is 0 Å². The van der Waals surface area contributed by atoms with E-state index in [4.69, 9.17) is 10.5 Å². The first-order valence-corrected chi connectivity index (χ1v) is 11.3. The predicted molar refractivity (Wildman–Crippen MR) is 114 cm³/mol. The van der Waals surface area contributed by atoms with E-state index in [2.05, 4.69) is 15.3 Å². The van der Waals surface area contributed by atoms with E-state index in [1.165, 1.54) is 6.07 Å². The monoisotopic (exact) mass is 444 g/mol. The van der Waals surface area contributed by atoms with Crippen LogP contribution in [0, 0.1) is 11.6 Å². The standard InChI is InChI=1S/C22H22F2N4O2S/c23-16-4-1-5-17(24)18(16)20-28-22(11-31-20,21(25)29)15-3-2-8-26-19(15)30-14-9-12-6-7-13(10-14)27-12/h1-5,8,12-14,27H,6-7,9-11H2,(H2,25,29). The van der Waals surface area contributed by atoms with E-state index in [9.17, 15) is 13.6 Å². The molecule has 0 spiro atoms. The molecule has 0 saturated carbocycles. The lowest BCUT2D eigenvalue weighted by Gasteiger charge is -2.31. The number of hydrogen-bond donors (Lipinski definition) is 2. The molecule has 3 N–H and O–H groups in total. The number of ether oxygens (including phenoxy) is 1. The summed E-state index contributed by atoms with van der Waals surface area (Å²) < 4.78 is 34.9. The highest BCUT2D eigenvalue weighted by Gasteiger charge is 2.47.